The van der Waals surface area contributed by atoms with Gasteiger partial charge in [-0.1, -0.05) is 59.3 Å². The predicted octanol–water partition coefficient (Wildman–Crippen LogP) is 4.67. The van der Waals surface area contributed by atoms with Crippen LogP contribution in [0.1, 0.15) is 41.4 Å². The van der Waals surface area contributed by atoms with Crippen molar-refractivity contribution >= 4 is 21.6 Å². The van der Waals surface area contributed by atoms with Gasteiger partial charge in [0.05, 0.1) is 18.2 Å². The first-order valence-corrected chi connectivity index (χ1v) is 10.9. The van der Waals surface area contributed by atoms with Crippen LogP contribution in [0, 0.1) is 0 Å². The number of para-hydroxylation sites is 1. The summed E-state index contributed by atoms with van der Waals surface area (Å²) >= 11 is 3.59. The standard InChI is InChI=1S/C25H25BrN2O2/c1-3-16-8-10-17(11-9-16)21-15-22(19-6-4-5-7-23(19)29)28-25(27-21)20-14-18(26)12-13-24(20)30-2/h4-15,22,25,27-29H,3H2,1-2H3/p+1. The number of phenolic OH excluding ortho intramolecular Hbond substituents is 1. The normalized spacial score (nSPS) is 18.4. The van der Waals surface area contributed by atoms with E-state index in [0.29, 0.717) is 5.75 Å². The van der Waals surface area contributed by atoms with Crippen LogP contribution in [-0.2, 0) is 6.42 Å². The van der Waals surface area contributed by atoms with E-state index in [9.17, 15) is 5.11 Å². The molecule has 1 heterocycles. The first kappa shape index (κ1) is 20.5. The molecule has 0 radical (unpaired) electrons. The number of benzene rings is 3. The number of ether oxygens (including phenoxy) is 1. The van der Waals surface area contributed by atoms with Crippen LogP contribution >= 0.6 is 15.9 Å². The van der Waals surface area contributed by atoms with Gasteiger partial charge in [0, 0.05) is 16.2 Å². The lowest BCUT2D eigenvalue weighted by Gasteiger charge is -2.30. The number of hydrogen-bond donors (Lipinski definition) is 3. The number of aryl methyl sites for hydroxylation is 1. The van der Waals surface area contributed by atoms with Crippen molar-refractivity contribution in [3.8, 4) is 11.5 Å². The maximum absolute atomic E-state index is 10.5. The lowest BCUT2D eigenvalue weighted by atomic mass is 9.97. The second-order valence-electron chi connectivity index (χ2n) is 7.42. The van der Waals surface area contributed by atoms with E-state index in [2.05, 4.69) is 69.9 Å². The third kappa shape index (κ3) is 4.23. The maximum Gasteiger partial charge on any atom is 0.190 e. The van der Waals surface area contributed by atoms with Gasteiger partial charge in [0.2, 0.25) is 0 Å². The number of quaternary nitrogens is 1. The Kier molecular flexibility index (Phi) is 6.11. The zero-order valence-electron chi connectivity index (χ0n) is 17.1. The van der Waals surface area contributed by atoms with Crippen LogP contribution in [0.2, 0.25) is 0 Å². The highest BCUT2D eigenvalue weighted by atomic mass is 79.9. The highest BCUT2D eigenvalue weighted by Crippen LogP contribution is 2.32. The van der Waals surface area contributed by atoms with Crippen LogP contribution in [-0.4, -0.2) is 12.2 Å². The number of hydrogen-bond acceptors (Lipinski definition) is 3. The average Bonchev–Trinajstić information content (AvgIpc) is 2.79. The molecule has 0 aromatic heterocycles. The van der Waals surface area contributed by atoms with Crippen LogP contribution in [0.3, 0.4) is 0 Å². The van der Waals surface area contributed by atoms with Crippen LogP contribution < -0.4 is 15.4 Å². The van der Waals surface area contributed by atoms with Crippen molar-refractivity contribution in [1.82, 2.24) is 5.32 Å². The van der Waals surface area contributed by atoms with E-state index < -0.39 is 0 Å². The number of rotatable bonds is 5. The Morgan fingerprint density at radius 3 is 2.50 bits per heavy atom. The average molecular weight is 466 g/mol. The van der Waals surface area contributed by atoms with Gasteiger partial charge < -0.3 is 20.5 Å². The molecule has 0 fully saturated rings. The Morgan fingerprint density at radius 2 is 1.80 bits per heavy atom. The molecule has 0 saturated carbocycles. The molecular weight excluding hydrogens is 440 g/mol. The fraction of sp³-hybridized carbons (Fsp3) is 0.200. The zero-order valence-corrected chi connectivity index (χ0v) is 18.7. The van der Waals surface area contributed by atoms with E-state index in [0.717, 1.165) is 39.0 Å². The summed E-state index contributed by atoms with van der Waals surface area (Å²) in [5, 5.41) is 16.4. The van der Waals surface area contributed by atoms with E-state index in [-0.39, 0.29) is 12.2 Å². The molecule has 3 aromatic rings. The number of nitrogens with two attached hydrogens (primary N) is 1. The van der Waals surface area contributed by atoms with Gasteiger partial charge in [0.25, 0.3) is 0 Å². The summed E-state index contributed by atoms with van der Waals surface area (Å²) in [6.45, 7) is 2.16. The molecule has 2 atom stereocenters. The van der Waals surface area contributed by atoms with Crippen molar-refractivity contribution in [3.05, 3.63) is 99.5 Å². The zero-order chi connectivity index (χ0) is 21.1. The first-order chi connectivity index (χ1) is 14.6. The Balaban J connectivity index is 1.78. The van der Waals surface area contributed by atoms with Gasteiger partial charge in [-0.3, -0.25) is 0 Å². The summed E-state index contributed by atoms with van der Waals surface area (Å²) in [5.41, 5.74) is 5.41. The fourth-order valence-electron chi connectivity index (χ4n) is 3.90. The van der Waals surface area contributed by atoms with Gasteiger partial charge in [-0.2, -0.15) is 0 Å². The van der Waals surface area contributed by atoms with Crippen LogP contribution in [0.25, 0.3) is 5.70 Å². The van der Waals surface area contributed by atoms with Gasteiger partial charge in [-0.25, -0.2) is 0 Å². The minimum atomic E-state index is -0.0760. The lowest BCUT2D eigenvalue weighted by molar-refractivity contribution is -0.731. The third-order valence-corrected chi connectivity index (χ3v) is 6.05. The van der Waals surface area contributed by atoms with Gasteiger partial charge in [0.15, 0.2) is 6.17 Å². The smallest absolute Gasteiger partial charge is 0.190 e. The van der Waals surface area contributed by atoms with Crippen molar-refractivity contribution in [3.63, 3.8) is 0 Å². The molecule has 0 bridgehead atoms. The predicted molar refractivity (Wildman–Crippen MR) is 123 cm³/mol. The summed E-state index contributed by atoms with van der Waals surface area (Å²) in [4.78, 5) is 0. The number of phenols is 1. The topological polar surface area (TPSA) is 58.1 Å². The number of aromatic hydroxyl groups is 1. The maximum atomic E-state index is 10.5. The molecule has 5 heteroatoms. The highest BCUT2D eigenvalue weighted by Gasteiger charge is 2.31. The Bertz CT molecular complexity index is 1060. The van der Waals surface area contributed by atoms with E-state index in [4.69, 9.17) is 4.74 Å². The molecule has 4 nitrogen and oxygen atoms in total. The van der Waals surface area contributed by atoms with Gasteiger partial charge in [-0.15, -0.1) is 0 Å². The highest BCUT2D eigenvalue weighted by molar-refractivity contribution is 9.10. The fourth-order valence-corrected chi connectivity index (χ4v) is 4.28. The third-order valence-electron chi connectivity index (χ3n) is 5.55. The molecular formula is C25H26BrN2O2+. The largest absolute Gasteiger partial charge is 0.507 e. The van der Waals surface area contributed by atoms with Crippen LogP contribution in [0.4, 0.5) is 0 Å². The summed E-state index contributed by atoms with van der Waals surface area (Å²) in [6.07, 6.45) is 3.11. The van der Waals surface area contributed by atoms with Gasteiger partial charge in [-0.05, 0) is 47.9 Å². The van der Waals surface area contributed by atoms with E-state index >= 15 is 0 Å². The van der Waals surface area contributed by atoms with Crippen LogP contribution in [0.15, 0.2) is 77.3 Å². The molecule has 2 unspecified atom stereocenters. The second kappa shape index (κ2) is 8.94. The molecule has 4 rings (SSSR count). The molecule has 1 aliphatic rings. The Morgan fingerprint density at radius 1 is 1.03 bits per heavy atom. The molecule has 1 aliphatic heterocycles. The van der Waals surface area contributed by atoms with Gasteiger partial charge in [0.1, 0.15) is 17.5 Å². The van der Waals surface area contributed by atoms with Crippen molar-refractivity contribution < 1.29 is 15.2 Å². The SMILES string of the molecule is CCc1ccc(C2=CC(c3ccccc3O)[NH2+]C(c3cc(Br)ccc3OC)N2)cc1. The molecule has 4 N–H and O–H groups in total. The monoisotopic (exact) mass is 465 g/mol. The summed E-state index contributed by atoms with van der Waals surface area (Å²) in [7, 11) is 1.69. The Hall–Kier alpha value is -2.76. The van der Waals surface area contributed by atoms with Gasteiger partial charge >= 0.3 is 0 Å². The molecule has 0 aliphatic carbocycles. The molecule has 0 amide bonds. The lowest BCUT2D eigenvalue weighted by Crippen LogP contribution is -2.89. The summed E-state index contributed by atoms with van der Waals surface area (Å²) in [5.74, 6) is 1.13. The van der Waals surface area contributed by atoms with Crippen LogP contribution in [0.5, 0.6) is 11.5 Å². The second-order valence-corrected chi connectivity index (χ2v) is 8.33. The van der Waals surface area contributed by atoms with E-state index in [1.807, 2.05) is 30.3 Å². The minimum absolute atomic E-state index is 0.0398. The summed E-state index contributed by atoms with van der Waals surface area (Å²) in [6, 6.07) is 22.2. The van der Waals surface area contributed by atoms with Crippen molar-refractivity contribution in [2.75, 3.05) is 7.11 Å². The van der Waals surface area contributed by atoms with Crippen molar-refractivity contribution in [2.24, 2.45) is 0 Å². The number of nitrogens with one attached hydrogen (secondary N) is 1. The molecule has 30 heavy (non-hydrogen) atoms. The molecule has 0 spiro atoms. The molecule has 0 saturated heterocycles. The molecule has 154 valence electrons. The number of halogens is 1. The quantitative estimate of drug-likeness (QED) is 0.512. The van der Waals surface area contributed by atoms with Crippen molar-refractivity contribution in [1.29, 1.82) is 0 Å². The Labute approximate surface area is 185 Å². The minimum Gasteiger partial charge on any atom is -0.507 e. The van der Waals surface area contributed by atoms with E-state index in [1.54, 1.807) is 13.2 Å². The van der Waals surface area contributed by atoms with E-state index in [1.165, 1.54) is 5.56 Å². The number of methoxy groups -OCH3 is 1. The molecule has 3 aromatic carbocycles. The van der Waals surface area contributed by atoms with Crippen molar-refractivity contribution in [2.45, 2.75) is 25.6 Å². The summed E-state index contributed by atoms with van der Waals surface area (Å²) < 4.78 is 6.64. The first-order valence-electron chi connectivity index (χ1n) is 10.1.